The van der Waals surface area contributed by atoms with Crippen molar-refractivity contribution in [3.8, 4) is 11.6 Å². The smallest absolute Gasteiger partial charge is 0.259 e. The fourth-order valence-corrected chi connectivity index (χ4v) is 6.38. The molecule has 0 bridgehead atoms. The highest BCUT2D eigenvalue weighted by atomic mass is 35.5. The number of sulfonamides is 1. The fourth-order valence-electron chi connectivity index (χ4n) is 4.85. The van der Waals surface area contributed by atoms with E-state index in [-0.39, 0.29) is 30.4 Å². The first kappa shape index (κ1) is 25.7. The molecule has 1 aliphatic heterocycles. The van der Waals surface area contributed by atoms with Crippen molar-refractivity contribution in [2.24, 2.45) is 5.92 Å². The second-order valence-corrected chi connectivity index (χ2v) is 12.2. The van der Waals surface area contributed by atoms with Gasteiger partial charge in [0.1, 0.15) is 17.4 Å². The Labute approximate surface area is 220 Å². The van der Waals surface area contributed by atoms with E-state index < -0.39 is 26.7 Å². The number of fused-ring (bicyclic) bond motifs is 1. The predicted molar refractivity (Wildman–Crippen MR) is 138 cm³/mol. The van der Waals surface area contributed by atoms with Crippen LogP contribution in [-0.4, -0.2) is 61.8 Å². The zero-order chi connectivity index (χ0) is 26.4. The molecule has 2 aliphatic carbocycles. The van der Waals surface area contributed by atoms with Gasteiger partial charge >= 0.3 is 0 Å². The first-order chi connectivity index (χ1) is 17.6. The van der Waals surface area contributed by atoms with Crippen molar-refractivity contribution in [1.82, 2.24) is 20.3 Å². The van der Waals surface area contributed by atoms with Crippen LogP contribution in [0.3, 0.4) is 0 Å². The predicted octanol–water partition coefficient (Wildman–Crippen LogP) is 2.07. The third-order valence-electron chi connectivity index (χ3n) is 7.15. The molecule has 3 fully saturated rings. The SMILES string of the molecule is C=C[C@@H]1C[C@]1(NC(=O)C[C@@H]1C[C@@H](Oc2ncc(OC)c3ccc(Cl)cc23)CN1)C(=O)NS(=O)(=O)C1CC1. The molecule has 1 saturated heterocycles. The van der Waals surface area contributed by atoms with Crippen LogP contribution in [0, 0.1) is 5.92 Å². The maximum Gasteiger partial charge on any atom is 0.259 e. The van der Waals surface area contributed by atoms with Crippen LogP contribution in [0.2, 0.25) is 5.02 Å². The second-order valence-electron chi connectivity index (χ2n) is 9.85. The Kier molecular flexibility index (Phi) is 6.80. The number of pyridine rings is 1. The van der Waals surface area contributed by atoms with Gasteiger partial charge in [-0.15, -0.1) is 6.58 Å². The normalized spacial score (nSPS) is 26.9. The third kappa shape index (κ3) is 5.25. The summed E-state index contributed by atoms with van der Waals surface area (Å²) in [5.41, 5.74) is -1.28. The number of rotatable bonds is 10. The number of amides is 2. The summed E-state index contributed by atoms with van der Waals surface area (Å²) in [5, 5.41) is 7.63. The molecule has 1 aromatic heterocycles. The molecule has 12 heteroatoms. The van der Waals surface area contributed by atoms with E-state index in [9.17, 15) is 18.0 Å². The summed E-state index contributed by atoms with van der Waals surface area (Å²) in [6.07, 6.45) is 4.98. The van der Waals surface area contributed by atoms with Crippen LogP contribution in [0.25, 0.3) is 10.8 Å². The van der Waals surface area contributed by atoms with Crippen LogP contribution < -0.4 is 24.8 Å². The molecule has 2 aromatic rings. The Morgan fingerprint density at radius 3 is 2.78 bits per heavy atom. The number of hydrogen-bond donors (Lipinski definition) is 3. The first-order valence-electron chi connectivity index (χ1n) is 12.2. The Hall–Kier alpha value is -2.89. The molecular formula is C25H29ClN4O6S. The molecule has 3 N–H and O–H groups in total. The van der Waals surface area contributed by atoms with Crippen molar-refractivity contribution < 1.29 is 27.5 Å². The number of hydrogen-bond acceptors (Lipinski definition) is 8. The third-order valence-corrected chi connectivity index (χ3v) is 9.21. The van der Waals surface area contributed by atoms with Crippen molar-refractivity contribution in [1.29, 1.82) is 0 Å². The van der Waals surface area contributed by atoms with Gasteiger partial charge in [0, 0.05) is 47.1 Å². The number of carbonyl (C=O) groups is 2. The summed E-state index contributed by atoms with van der Waals surface area (Å²) in [7, 11) is -2.15. The lowest BCUT2D eigenvalue weighted by Crippen LogP contribution is -2.53. The summed E-state index contributed by atoms with van der Waals surface area (Å²) < 4.78 is 38.2. The van der Waals surface area contributed by atoms with E-state index in [1.54, 1.807) is 31.5 Å². The maximum absolute atomic E-state index is 12.9. The van der Waals surface area contributed by atoms with Crippen molar-refractivity contribution in [2.45, 2.75) is 55.0 Å². The highest BCUT2D eigenvalue weighted by molar-refractivity contribution is 7.91. The second kappa shape index (κ2) is 9.77. The average molecular weight is 549 g/mol. The number of nitrogens with one attached hydrogen (secondary N) is 3. The summed E-state index contributed by atoms with van der Waals surface area (Å²) in [6, 6.07) is 5.21. The molecular weight excluding hydrogens is 520 g/mol. The van der Waals surface area contributed by atoms with Gasteiger partial charge in [0.05, 0.1) is 18.6 Å². The number of ether oxygens (including phenoxy) is 2. The summed E-state index contributed by atoms with van der Waals surface area (Å²) >= 11 is 6.19. The lowest BCUT2D eigenvalue weighted by molar-refractivity contribution is -0.129. The molecule has 5 rings (SSSR count). The number of methoxy groups -OCH3 is 1. The quantitative estimate of drug-likeness (QED) is 0.384. The van der Waals surface area contributed by atoms with Crippen LogP contribution in [0.15, 0.2) is 37.1 Å². The zero-order valence-corrected chi connectivity index (χ0v) is 21.9. The largest absolute Gasteiger partial charge is 0.494 e. The van der Waals surface area contributed by atoms with Crippen LogP contribution >= 0.6 is 11.6 Å². The lowest BCUT2D eigenvalue weighted by atomic mass is 10.1. The number of aromatic nitrogens is 1. The maximum atomic E-state index is 12.9. The summed E-state index contributed by atoms with van der Waals surface area (Å²) in [4.78, 5) is 30.1. The monoisotopic (exact) mass is 548 g/mol. The molecule has 10 nitrogen and oxygen atoms in total. The van der Waals surface area contributed by atoms with Gasteiger partial charge in [0.15, 0.2) is 0 Å². The van der Waals surface area contributed by atoms with Crippen molar-refractivity contribution in [3.05, 3.63) is 42.1 Å². The summed E-state index contributed by atoms with van der Waals surface area (Å²) in [6.45, 7) is 4.22. The molecule has 37 heavy (non-hydrogen) atoms. The van der Waals surface area contributed by atoms with E-state index in [0.717, 1.165) is 10.8 Å². The van der Waals surface area contributed by atoms with E-state index in [2.05, 4.69) is 26.9 Å². The molecule has 3 aliphatic rings. The van der Waals surface area contributed by atoms with Gasteiger partial charge in [-0.05, 0) is 37.5 Å². The van der Waals surface area contributed by atoms with Gasteiger partial charge < -0.3 is 20.1 Å². The molecule has 2 heterocycles. The molecule has 2 saturated carbocycles. The van der Waals surface area contributed by atoms with E-state index in [0.29, 0.717) is 48.9 Å². The van der Waals surface area contributed by atoms with Crippen LogP contribution in [0.4, 0.5) is 0 Å². The van der Waals surface area contributed by atoms with Crippen molar-refractivity contribution in [2.75, 3.05) is 13.7 Å². The molecule has 0 radical (unpaired) electrons. The number of nitrogens with zero attached hydrogens (tertiary/aromatic N) is 1. The van der Waals surface area contributed by atoms with Gasteiger partial charge in [-0.2, -0.15) is 0 Å². The Balaban J connectivity index is 1.20. The van der Waals surface area contributed by atoms with Crippen LogP contribution in [-0.2, 0) is 19.6 Å². The van der Waals surface area contributed by atoms with Crippen molar-refractivity contribution in [3.63, 3.8) is 0 Å². The fraction of sp³-hybridized carbons (Fsp3) is 0.480. The minimum absolute atomic E-state index is 0.108. The number of halogens is 1. The van der Waals surface area contributed by atoms with E-state index >= 15 is 0 Å². The molecule has 0 spiro atoms. The minimum atomic E-state index is -3.72. The van der Waals surface area contributed by atoms with E-state index in [4.69, 9.17) is 21.1 Å². The van der Waals surface area contributed by atoms with Gasteiger partial charge in [-0.25, -0.2) is 13.4 Å². The zero-order valence-electron chi connectivity index (χ0n) is 20.3. The lowest BCUT2D eigenvalue weighted by Gasteiger charge is -2.20. The van der Waals surface area contributed by atoms with Crippen molar-refractivity contribution >= 4 is 44.2 Å². The Bertz CT molecular complexity index is 1360. The van der Waals surface area contributed by atoms with Gasteiger partial charge in [-0.1, -0.05) is 17.7 Å². The molecule has 2 amide bonds. The van der Waals surface area contributed by atoms with E-state index in [1.807, 2.05) is 6.07 Å². The average Bonchev–Trinajstić information content (AvgIpc) is 3.77. The highest BCUT2D eigenvalue weighted by Crippen LogP contribution is 2.45. The topological polar surface area (TPSA) is 136 Å². The highest BCUT2D eigenvalue weighted by Gasteiger charge is 2.61. The van der Waals surface area contributed by atoms with Gasteiger partial charge in [0.25, 0.3) is 5.91 Å². The Morgan fingerprint density at radius 1 is 1.32 bits per heavy atom. The first-order valence-corrected chi connectivity index (χ1v) is 14.1. The van der Waals surface area contributed by atoms with Crippen LogP contribution in [0.5, 0.6) is 11.6 Å². The number of benzene rings is 1. The van der Waals surface area contributed by atoms with Gasteiger partial charge in [-0.3, -0.25) is 14.3 Å². The van der Waals surface area contributed by atoms with Gasteiger partial charge in [0.2, 0.25) is 21.8 Å². The Morgan fingerprint density at radius 2 is 2.11 bits per heavy atom. The number of carbonyl (C=O) groups excluding carboxylic acids is 2. The van der Waals surface area contributed by atoms with E-state index in [1.165, 1.54) is 0 Å². The summed E-state index contributed by atoms with van der Waals surface area (Å²) in [5.74, 6) is -0.330. The molecule has 1 aromatic carbocycles. The van der Waals surface area contributed by atoms with Crippen LogP contribution in [0.1, 0.15) is 32.1 Å². The molecule has 0 unspecified atom stereocenters. The minimum Gasteiger partial charge on any atom is -0.494 e. The molecule has 4 atom stereocenters. The standard InChI is InChI=1S/C25H29ClN4O6S/c1-3-14-11-25(14,24(32)30-37(33,34)18-5-6-18)29-22(31)10-16-9-17(12-27-16)36-23-20-8-15(26)4-7-19(20)21(35-2)13-28-23/h3-4,7-8,13-14,16-18,27H,1,5-6,9-12H2,2H3,(H,29,31)(H,30,32)/t14-,16+,17-,25-/m1/s1. The molecule has 198 valence electrons.